The monoisotopic (exact) mass is 367 g/mol. The number of aromatic nitrogens is 1. The summed E-state index contributed by atoms with van der Waals surface area (Å²) < 4.78 is 0. The molecule has 3 amide bonds. The first-order valence-electron chi connectivity index (χ1n) is 8.63. The van der Waals surface area contributed by atoms with Crippen molar-refractivity contribution < 1.29 is 14.4 Å². The van der Waals surface area contributed by atoms with Crippen molar-refractivity contribution in [2.45, 2.75) is 25.8 Å². The third-order valence-electron chi connectivity index (χ3n) is 3.99. The molecule has 0 aliphatic heterocycles. The Kier molecular flexibility index (Phi) is 7.49. The van der Waals surface area contributed by atoms with E-state index in [1.54, 1.807) is 25.3 Å². The average molecular weight is 367 g/mol. The van der Waals surface area contributed by atoms with Crippen LogP contribution in [0, 0.1) is 12.3 Å². The molecule has 1 aromatic carbocycles. The van der Waals surface area contributed by atoms with Crippen LogP contribution in [0.4, 0.5) is 5.69 Å². The summed E-state index contributed by atoms with van der Waals surface area (Å²) in [5.74, 6) is -1.70. The van der Waals surface area contributed by atoms with E-state index >= 15 is 0 Å². The van der Waals surface area contributed by atoms with E-state index in [0.29, 0.717) is 12.1 Å². The van der Waals surface area contributed by atoms with Gasteiger partial charge in [0.2, 0.25) is 17.7 Å². The minimum Gasteiger partial charge on any atom is -0.369 e. The molecular formula is C20H23N4O3. The number of rotatable bonds is 9. The molecule has 1 aromatic heterocycles. The van der Waals surface area contributed by atoms with Crippen LogP contribution in [-0.2, 0) is 20.8 Å². The minimum atomic E-state index is -0.778. The van der Waals surface area contributed by atoms with E-state index in [0.717, 1.165) is 5.56 Å². The number of nitrogens with two attached hydrogens (primary N) is 1. The molecule has 0 aliphatic rings. The molecule has 1 heterocycles. The van der Waals surface area contributed by atoms with Crippen LogP contribution < -0.4 is 16.4 Å². The quantitative estimate of drug-likeness (QED) is 0.622. The van der Waals surface area contributed by atoms with Gasteiger partial charge in [0.1, 0.15) is 6.04 Å². The maximum atomic E-state index is 12.7. The maximum Gasteiger partial charge on any atom is 0.247 e. The second-order valence-electron chi connectivity index (χ2n) is 6.23. The number of amides is 3. The number of carbonyl (C=O) groups is 3. The average Bonchev–Trinajstić information content (AvgIpc) is 2.67. The molecular weight excluding hydrogens is 344 g/mol. The van der Waals surface area contributed by atoms with Gasteiger partial charge in [-0.1, -0.05) is 37.3 Å². The molecule has 0 bridgehead atoms. The molecule has 2 atom stereocenters. The van der Waals surface area contributed by atoms with Crippen LogP contribution in [0.5, 0.6) is 0 Å². The van der Waals surface area contributed by atoms with Crippen molar-refractivity contribution in [2.24, 2.45) is 11.7 Å². The zero-order chi connectivity index (χ0) is 19.6. The maximum absolute atomic E-state index is 12.7. The Morgan fingerprint density at radius 1 is 1.15 bits per heavy atom. The first kappa shape index (κ1) is 20.1. The highest BCUT2D eigenvalue weighted by Crippen LogP contribution is 2.09. The molecule has 141 valence electrons. The molecule has 0 spiro atoms. The first-order chi connectivity index (χ1) is 13.0. The lowest BCUT2D eigenvalue weighted by Gasteiger charge is -2.19. The number of hydrogen-bond donors (Lipinski definition) is 3. The Hall–Kier alpha value is -3.22. The molecule has 0 fully saturated rings. The van der Waals surface area contributed by atoms with E-state index in [-0.39, 0.29) is 12.3 Å². The highest BCUT2D eigenvalue weighted by Gasteiger charge is 2.22. The van der Waals surface area contributed by atoms with Gasteiger partial charge in [-0.15, -0.1) is 0 Å². The Morgan fingerprint density at radius 3 is 2.52 bits per heavy atom. The summed E-state index contributed by atoms with van der Waals surface area (Å²) in [6.07, 6.45) is 5.01. The smallest absolute Gasteiger partial charge is 0.247 e. The Morgan fingerprint density at radius 2 is 1.89 bits per heavy atom. The summed E-state index contributed by atoms with van der Waals surface area (Å²) >= 11 is 0. The summed E-state index contributed by atoms with van der Waals surface area (Å²) in [5.41, 5.74) is 6.65. The van der Waals surface area contributed by atoms with Gasteiger partial charge in [0.25, 0.3) is 0 Å². The van der Waals surface area contributed by atoms with Crippen LogP contribution in [-0.4, -0.2) is 28.7 Å². The predicted molar refractivity (Wildman–Crippen MR) is 102 cm³/mol. The van der Waals surface area contributed by atoms with Crippen LogP contribution in [0.2, 0.25) is 0 Å². The van der Waals surface area contributed by atoms with E-state index in [1.165, 1.54) is 12.6 Å². The predicted octanol–water partition coefficient (Wildman–Crippen LogP) is 1.46. The second-order valence-corrected chi connectivity index (χ2v) is 6.23. The van der Waals surface area contributed by atoms with Crippen molar-refractivity contribution in [3.05, 3.63) is 66.8 Å². The Balaban J connectivity index is 2.03. The molecule has 7 nitrogen and oxygen atoms in total. The van der Waals surface area contributed by atoms with Crippen molar-refractivity contribution in [3.8, 4) is 0 Å². The van der Waals surface area contributed by atoms with E-state index < -0.39 is 23.8 Å². The molecule has 1 radical (unpaired) electrons. The molecule has 2 rings (SSSR count). The Bertz CT molecular complexity index is 765. The molecule has 4 N–H and O–H groups in total. The number of anilines is 1. The van der Waals surface area contributed by atoms with Gasteiger partial charge in [-0.2, -0.15) is 0 Å². The molecule has 7 heteroatoms. The van der Waals surface area contributed by atoms with Crippen molar-refractivity contribution in [1.82, 2.24) is 10.3 Å². The molecule has 0 saturated heterocycles. The zero-order valence-corrected chi connectivity index (χ0v) is 15.1. The van der Waals surface area contributed by atoms with Crippen LogP contribution in [0.3, 0.4) is 0 Å². The number of primary amides is 1. The largest absolute Gasteiger partial charge is 0.369 e. The lowest BCUT2D eigenvalue weighted by atomic mass is 10.0. The SMILES string of the molecule is CC(C[CH]C(=O)N[C@@H](Cc1ccccc1)C(=O)Nc1cccnc1)C(N)=O. The van der Waals surface area contributed by atoms with E-state index in [9.17, 15) is 14.4 Å². The number of carbonyl (C=O) groups excluding carboxylic acids is 3. The van der Waals surface area contributed by atoms with E-state index in [1.807, 2.05) is 30.3 Å². The van der Waals surface area contributed by atoms with Gasteiger partial charge in [-0.25, -0.2) is 0 Å². The van der Waals surface area contributed by atoms with Gasteiger partial charge in [0.05, 0.1) is 18.3 Å². The van der Waals surface area contributed by atoms with Crippen molar-refractivity contribution >= 4 is 23.4 Å². The number of nitrogens with zero attached hydrogens (tertiary/aromatic N) is 1. The van der Waals surface area contributed by atoms with Crippen molar-refractivity contribution in [3.63, 3.8) is 0 Å². The van der Waals surface area contributed by atoms with E-state index in [4.69, 9.17) is 5.73 Å². The lowest BCUT2D eigenvalue weighted by Crippen LogP contribution is -2.45. The summed E-state index contributed by atoms with van der Waals surface area (Å²) in [7, 11) is 0. The van der Waals surface area contributed by atoms with Crippen LogP contribution in [0.25, 0.3) is 0 Å². The van der Waals surface area contributed by atoms with Gasteiger partial charge < -0.3 is 16.4 Å². The fraction of sp³-hybridized carbons (Fsp3) is 0.250. The normalized spacial score (nSPS) is 12.6. The molecule has 27 heavy (non-hydrogen) atoms. The van der Waals surface area contributed by atoms with Crippen LogP contribution >= 0.6 is 0 Å². The second kappa shape index (κ2) is 10.1. The highest BCUT2D eigenvalue weighted by molar-refractivity contribution is 5.98. The third kappa shape index (κ3) is 6.89. The summed E-state index contributed by atoms with van der Waals surface area (Å²) in [5, 5.41) is 5.45. The number of pyridine rings is 1. The van der Waals surface area contributed by atoms with Crippen molar-refractivity contribution in [1.29, 1.82) is 0 Å². The zero-order valence-electron chi connectivity index (χ0n) is 15.1. The standard InChI is InChI=1S/C20H23N4O3/c1-14(19(21)26)9-10-18(25)24-17(12-15-6-3-2-4-7-15)20(27)23-16-8-5-11-22-13-16/h2-8,10-11,13-14,17H,9,12H2,1H3,(H2,21,26)(H,23,27)(H,24,25)/t14?,17-/m0/s1. The van der Waals surface area contributed by atoms with Gasteiger partial charge in [-0.05, 0) is 24.1 Å². The Labute approximate surface area is 158 Å². The van der Waals surface area contributed by atoms with E-state index in [2.05, 4.69) is 15.6 Å². The third-order valence-corrected chi connectivity index (χ3v) is 3.99. The molecule has 0 aliphatic carbocycles. The van der Waals surface area contributed by atoms with Crippen LogP contribution in [0.1, 0.15) is 18.9 Å². The number of benzene rings is 1. The summed E-state index contributed by atoms with van der Waals surface area (Å²) in [6.45, 7) is 1.64. The van der Waals surface area contributed by atoms with Crippen molar-refractivity contribution in [2.75, 3.05) is 5.32 Å². The number of hydrogen-bond acceptors (Lipinski definition) is 4. The minimum absolute atomic E-state index is 0.212. The van der Waals surface area contributed by atoms with Gasteiger partial charge in [0.15, 0.2) is 0 Å². The molecule has 1 unspecified atom stereocenters. The first-order valence-corrected chi connectivity index (χ1v) is 8.63. The summed E-state index contributed by atoms with van der Waals surface area (Å²) in [4.78, 5) is 39.9. The topological polar surface area (TPSA) is 114 Å². The van der Waals surface area contributed by atoms with Gasteiger partial charge in [0, 0.05) is 18.5 Å². The van der Waals surface area contributed by atoms with Crippen LogP contribution in [0.15, 0.2) is 54.9 Å². The lowest BCUT2D eigenvalue weighted by molar-refractivity contribution is -0.125. The molecule has 2 aromatic rings. The highest BCUT2D eigenvalue weighted by atomic mass is 16.2. The number of nitrogens with one attached hydrogen (secondary N) is 2. The van der Waals surface area contributed by atoms with Gasteiger partial charge >= 0.3 is 0 Å². The summed E-state index contributed by atoms with van der Waals surface area (Å²) in [6, 6.07) is 12.0. The van der Waals surface area contributed by atoms with Gasteiger partial charge in [-0.3, -0.25) is 19.4 Å². The molecule has 0 saturated carbocycles. The fourth-order valence-electron chi connectivity index (χ4n) is 2.36. The fourth-order valence-corrected chi connectivity index (χ4v) is 2.36.